The topological polar surface area (TPSA) is 18.5 Å². The molecule has 0 radical (unpaired) electrons. The predicted octanol–water partition coefficient (Wildman–Crippen LogP) is 3.29. The summed E-state index contributed by atoms with van der Waals surface area (Å²) in [6.07, 6.45) is 7.59. The molecule has 90 valence electrons. The first kappa shape index (κ1) is 12.2. The lowest BCUT2D eigenvalue weighted by Crippen LogP contribution is -2.37. The van der Waals surface area contributed by atoms with Gasteiger partial charge in [-0.1, -0.05) is 30.3 Å². The average Bonchev–Trinajstić information content (AvgIpc) is 2.38. The minimum Gasteiger partial charge on any atom is -0.348 e. The van der Waals surface area contributed by atoms with E-state index in [1.54, 1.807) is 0 Å². The molecule has 0 aromatic heterocycles. The maximum atomic E-state index is 6.04. The van der Waals surface area contributed by atoms with Crippen molar-refractivity contribution in [3.63, 3.8) is 0 Å². The molecule has 1 aliphatic heterocycles. The monoisotopic (exact) mass is 230 g/mol. The van der Waals surface area contributed by atoms with Gasteiger partial charge >= 0.3 is 0 Å². The highest BCUT2D eigenvalue weighted by atomic mass is 16.7. The summed E-state index contributed by atoms with van der Waals surface area (Å²) in [5.41, 5.74) is 0.907. The molecule has 0 saturated carbocycles. The van der Waals surface area contributed by atoms with Crippen LogP contribution in [-0.2, 0) is 9.47 Å². The zero-order chi connectivity index (χ0) is 12.1. The summed E-state index contributed by atoms with van der Waals surface area (Å²) < 4.78 is 11.7. The van der Waals surface area contributed by atoms with Crippen molar-refractivity contribution in [2.45, 2.75) is 38.1 Å². The number of hydrogen-bond donors (Lipinski definition) is 0. The zero-order valence-corrected chi connectivity index (χ0v) is 10.2. The van der Waals surface area contributed by atoms with Crippen molar-refractivity contribution in [2.75, 3.05) is 6.61 Å². The fraction of sp³-hybridized carbons (Fsp3) is 0.467. The quantitative estimate of drug-likeness (QED) is 0.742. The molecule has 0 aliphatic carbocycles. The van der Waals surface area contributed by atoms with E-state index in [4.69, 9.17) is 15.9 Å². The Labute approximate surface area is 103 Å². The van der Waals surface area contributed by atoms with Crippen molar-refractivity contribution in [1.29, 1.82) is 0 Å². The lowest BCUT2D eigenvalue weighted by atomic mass is 9.95. The molecule has 17 heavy (non-hydrogen) atoms. The third-order valence-corrected chi connectivity index (χ3v) is 3.16. The zero-order valence-electron chi connectivity index (χ0n) is 10.2. The summed E-state index contributed by atoms with van der Waals surface area (Å²) in [4.78, 5) is 0. The molecular formula is C15H18O2. The summed E-state index contributed by atoms with van der Waals surface area (Å²) in [5, 5.41) is 0. The Morgan fingerprint density at radius 3 is 2.88 bits per heavy atom. The van der Waals surface area contributed by atoms with Crippen molar-refractivity contribution in [3.05, 3.63) is 35.9 Å². The van der Waals surface area contributed by atoms with Crippen LogP contribution in [-0.4, -0.2) is 12.2 Å². The predicted molar refractivity (Wildman–Crippen MR) is 67.3 cm³/mol. The normalized spacial score (nSPS) is 28.6. The van der Waals surface area contributed by atoms with Gasteiger partial charge in [0, 0.05) is 12.0 Å². The maximum Gasteiger partial charge on any atom is 0.184 e. The van der Waals surface area contributed by atoms with Gasteiger partial charge in [0.05, 0.1) is 12.2 Å². The van der Waals surface area contributed by atoms with E-state index >= 15 is 0 Å². The number of ether oxygens (including phenoxy) is 2. The highest BCUT2D eigenvalue weighted by molar-refractivity contribution is 5.16. The second-order valence-corrected chi connectivity index (χ2v) is 4.64. The third-order valence-electron chi connectivity index (χ3n) is 3.16. The van der Waals surface area contributed by atoms with Crippen LogP contribution in [0.4, 0.5) is 0 Å². The molecule has 1 aromatic rings. The van der Waals surface area contributed by atoms with Crippen molar-refractivity contribution in [3.8, 4) is 12.3 Å². The fourth-order valence-electron chi connectivity index (χ4n) is 2.03. The molecule has 1 aromatic carbocycles. The van der Waals surface area contributed by atoms with E-state index in [0.29, 0.717) is 0 Å². The maximum absolute atomic E-state index is 6.04. The number of benzene rings is 1. The number of rotatable bonds is 3. The minimum atomic E-state index is -0.257. The minimum absolute atomic E-state index is 0.162. The van der Waals surface area contributed by atoms with Gasteiger partial charge in [-0.2, -0.15) is 0 Å². The third kappa shape index (κ3) is 3.09. The van der Waals surface area contributed by atoms with Crippen molar-refractivity contribution in [2.24, 2.45) is 0 Å². The Bertz CT molecular complexity index is 393. The van der Waals surface area contributed by atoms with Crippen LogP contribution >= 0.6 is 0 Å². The van der Waals surface area contributed by atoms with Gasteiger partial charge in [0.2, 0.25) is 0 Å². The van der Waals surface area contributed by atoms with Gasteiger partial charge in [-0.25, -0.2) is 0 Å². The van der Waals surface area contributed by atoms with E-state index in [1.165, 1.54) is 0 Å². The Hall–Kier alpha value is -1.30. The molecule has 1 unspecified atom stereocenters. The van der Waals surface area contributed by atoms with Crippen LogP contribution in [0.3, 0.4) is 0 Å². The second-order valence-electron chi connectivity index (χ2n) is 4.64. The standard InChI is InChI=1S/C15H18O2/c1-3-4-10-15(2)11-12-16-14(17-15)13-8-6-5-7-9-13/h1,5-9,14H,4,10-12H2,2H3/t14?,15-/m1/s1. The molecule has 1 saturated heterocycles. The van der Waals surface area contributed by atoms with E-state index in [-0.39, 0.29) is 11.9 Å². The molecular weight excluding hydrogens is 212 g/mol. The SMILES string of the molecule is C#CCC[C@]1(C)CCOC(c2ccccc2)O1. The summed E-state index contributed by atoms with van der Waals surface area (Å²) in [5.74, 6) is 2.67. The molecule has 1 heterocycles. The number of hydrogen-bond acceptors (Lipinski definition) is 2. The average molecular weight is 230 g/mol. The molecule has 0 amide bonds. The van der Waals surface area contributed by atoms with Crippen molar-refractivity contribution >= 4 is 0 Å². The molecule has 2 rings (SSSR count). The Morgan fingerprint density at radius 2 is 2.18 bits per heavy atom. The largest absolute Gasteiger partial charge is 0.348 e. The lowest BCUT2D eigenvalue weighted by molar-refractivity contribution is -0.257. The van der Waals surface area contributed by atoms with Gasteiger partial charge in [0.15, 0.2) is 6.29 Å². The van der Waals surface area contributed by atoms with Crippen LogP contribution in [0, 0.1) is 12.3 Å². The number of terminal acetylenes is 1. The van der Waals surface area contributed by atoms with Crippen molar-refractivity contribution < 1.29 is 9.47 Å². The Balaban J connectivity index is 2.05. The molecule has 2 nitrogen and oxygen atoms in total. The summed E-state index contributed by atoms with van der Waals surface area (Å²) >= 11 is 0. The van der Waals surface area contributed by atoms with Crippen molar-refractivity contribution in [1.82, 2.24) is 0 Å². The van der Waals surface area contributed by atoms with E-state index in [2.05, 4.69) is 12.8 Å². The summed E-state index contributed by atoms with van der Waals surface area (Å²) in [7, 11) is 0. The van der Waals surface area contributed by atoms with Crippen LogP contribution in [0.1, 0.15) is 38.0 Å². The first-order valence-electron chi connectivity index (χ1n) is 6.01. The highest BCUT2D eigenvalue weighted by Crippen LogP contribution is 2.35. The summed E-state index contributed by atoms with van der Waals surface area (Å²) in [6.45, 7) is 2.84. The first-order valence-corrected chi connectivity index (χ1v) is 6.01. The van der Waals surface area contributed by atoms with Crippen LogP contribution in [0.2, 0.25) is 0 Å². The van der Waals surface area contributed by atoms with E-state index in [0.717, 1.165) is 31.4 Å². The fourth-order valence-corrected chi connectivity index (χ4v) is 2.03. The van der Waals surface area contributed by atoms with Crippen LogP contribution in [0.15, 0.2) is 30.3 Å². The second kappa shape index (κ2) is 5.35. The molecule has 0 N–H and O–H groups in total. The highest BCUT2D eigenvalue weighted by Gasteiger charge is 2.33. The first-order chi connectivity index (χ1) is 8.23. The molecule has 1 aliphatic rings. The van der Waals surface area contributed by atoms with Gasteiger partial charge < -0.3 is 9.47 Å². The van der Waals surface area contributed by atoms with Gasteiger partial charge in [-0.3, -0.25) is 0 Å². The molecule has 0 bridgehead atoms. The molecule has 2 atom stereocenters. The van der Waals surface area contributed by atoms with Gasteiger partial charge in [-0.15, -0.1) is 12.3 Å². The van der Waals surface area contributed by atoms with Gasteiger partial charge in [0.25, 0.3) is 0 Å². The Kier molecular flexibility index (Phi) is 3.83. The summed E-state index contributed by atoms with van der Waals surface area (Å²) in [6, 6.07) is 10.0. The van der Waals surface area contributed by atoms with Crippen LogP contribution in [0.5, 0.6) is 0 Å². The molecule has 2 heteroatoms. The van der Waals surface area contributed by atoms with Crippen LogP contribution < -0.4 is 0 Å². The molecule has 1 fully saturated rings. The van der Waals surface area contributed by atoms with Gasteiger partial charge in [-0.05, 0) is 19.8 Å². The smallest absolute Gasteiger partial charge is 0.184 e. The van der Waals surface area contributed by atoms with E-state index < -0.39 is 0 Å². The Morgan fingerprint density at radius 1 is 1.41 bits per heavy atom. The molecule has 0 spiro atoms. The van der Waals surface area contributed by atoms with E-state index in [9.17, 15) is 0 Å². The van der Waals surface area contributed by atoms with Gasteiger partial charge in [0.1, 0.15) is 0 Å². The van der Waals surface area contributed by atoms with E-state index in [1.807, 2.05) is 30.3 Å². The lowest BCUT2D eigenvalue weighted by Gasteiger charge is -2.38. The van der Waals surface area contributed by atoms with Crippen LogP contribution in [0.25, 0.3) is 0 Å².